The average molecular weight is 235 g/mol. The molecule has 92 valence electrons. The molecule has 0 saturated heterocycles. The molecule has 1 atom stereocenters. The molecule has 1 unspecified atom stereocenters. The third kappa shape index (κ3) is 2.36. The summed E-state index contributed by atoms with van der Waals surface area (Å²) in [6, 6.07) is 1.84. The monoisotopic (exact) mass is 235 g/mol. The van der Waals surface area contributed by atoms with E-state index in [1.54, 1.807) is 4.68 Å². The van der Waals surface area contributed by atoms with Gasteiger partial charge in [0.2, 0.25) is 11.7 Å². The third-order valence-corrected chi connectivity index (χ3v) is 2.63. The van der Waals surface area contributed by atoms with Crippen LogP contribution in [-0.4, -0.2) is 19.9 Å². The van der Waals surface area contributed by atoms with Crippen LogP contribution < -0.4 is 5.73 Å². The molecule has 6 nitrogen and oxygen atoms in total. The van der Waals surface area contributed by atoms with Crippen LogP contribution in [0.25, 0.3) is 11.5 Å². The number of nitrogens with two attached hydrogens (primary N) is 1. The smallest absolute Gasteiger partial charge is 0.246 e. The van der Waals surface area contributed by atoms with Crippen molar-refractivity contribution < 1.29 is 4.52 Å². The van der Waals surface area contributed by atoms with Crippen molar-refractivity contribution in [2.75, 3.05) is 0 Å². The minimum absolute atomic E-state index is 0.458. The van der Waals surface area contributed by atoms with Crippen LogP contribution in [0.4, 0.5) is 0 Å². The molecule has 0 aliphatic heterocycles. The van der Waals surface area contributed by atoms with Gasteiger partial charge in [-0.25, -0.2) is 0 Å². The van der Waals surface area contributed by atoms with Crippen molar-refractivity contribution in [3.05, 3.63) is 18.2 Å². The minimum Gasteiger partial charge on any atom is -0.337 e. The molecule has 2 aromatic rings. The molecule has 2 N–H and O–H groups in total. The van der Waals surface area contributed by atoms with Gasteiger partial charge in [-0.1, -0.05) is 18.5 Å². The van der Waals surface area contributed by atoms with Crippen LogP contribution in [0.5, 0.6) is 0 Å². The molecule has 2 heterocycles. The van der Waals surface area contributed by atoms with Gasteiger partial charge in [-0.3, -0.25) is 4.68 Å². The zero-order chi connectivity index (χ0) is 12.5. The summed E-state index contributed by atoms with van der Waals surface area (Å²) in [5.41, 5.74) is 6.24. The van der Waals surface area contributed by atoms with Crippen molar-refractivity contribution >= 4 is 0 Å². The second-order valence-electron chi connectivity index (χ2n) is 4.47. The summed E-state index contributed by atoms with van der Waals surface area (Å²) < 4.78 is 6.90. The molecule has 0 spiro atoms. The van der Waals surface area contributed by atoms with Crippen molar-refractivity contribution in [3.8, 4) is 11.5 Å². The van der Waals surface area contributed by atoms with E-state index in [-0.39, 0.29) is 0 Å². The lowest BCUT2D eigenvalue weighted by molar-refractivity contribution is 0.284. The Kier molecular flexibility index (Phi) is 2.97. The van der Waals surface area contributed by atoms with Crippen LogP contribution in [0.1, 0.15) is 32.6 Å². The zero-order valence-corrected chi connectivity index (χ0v) is 10.3. The van der Waals surface area contributed by atoms with Crippen molar-refractivity contribution in [1.82, 2.24) is 19.9 Å². The van der Waals surface area contributed by atoms with E-state index < -0.39 is 5.54 Å². The second-order valence-corrected chi connectivity index (χ2v) is 4.47. The van der Waals surface area contributed by atoms with Gasteiger partial charge in [0.05, 0.1) is 5.54 Å². The highest BCUT2D eigenvalue weighted by Crippen LogP contribution is 2.23. The van der Waals surface area contributed by atoms with Gasteiger partial charge >= 0.3 is 0 Å². The van der Waals surface area contributed by atoms with Gasteiger partial charge in [0, 0.05) is 13.2 Å². The topological polar surface area (TPSA) is 82.8 Å². The first kappa shape index (κ1) is 11.8. The van der Waals surface area contributed by atoms with Gasteiger partial charge in [0.25, 0.3) is 0 Å². The Balaban J connectivity index is 2.27. The quantitative estimate of drug-likeness (QED) is 0.867. The minimum atomic E-state index is -0.575. The fraction of sp³-hybridized carbons (Fsp3) is 0.545. The normalized spacial score (nSPS) is 14.8. The molecule has 0 fully saturated rings. The van der Waals surface area contributed by atoms with Crippen LogP contribution in [0.2, 0.25) is 0 Å². The summed E-state index contributed by atoms with van der Waals surface area (Å²) in [7, 11) is 1.84. The van der Waals surface area contributed by atoms with Gasteiger partial charge in [-0.05, 0) is 19.4 Å². The van der Waals surface area contributed by atoms with E-state index in [0.29, 0.717) is 17.4 Å². The number of nitrogens with zero attached hydrogens (tertiary/aromatic N) is 4. The molecule has 0 amide bonds. The summed E-state index contributed by atoms with van der Waals surface area (Å²) in [5, 5.41) is 8.12. The lowest BCUT2D eigenvalue weighted by Crippen LogP contribution is -2.33. The summed E-state index contributed by atoms with van der Waals surface area (Å²) >= 11 is 0. The van der Waals surface area contributed by atoms with E-state index >= 15 is 0 Å². The number of aryl methyl sites for hydroxylation is 1. The SMILES string of the molecule is CCCC(C)(N)c1nc(-c2ccn(C)n2)no1. The van der Waals surface area contributed by atoms with Gasteiger partial charge in [0.15, 0.2) is 0 Å². The highest BCUT2D eigenvalue weighted by atomic mass is 16.5. The molecule has 0 bridgehead atoms. The zero-order valence-electron chi connectivity index (χ0n) is 10.3. The van der Waals surface area contributed by atoms with Crippen LogP contribution >= 0.6 is 0 Å². The second kappa shape index (κ2) is 4.29. The predicted octanol–water partition coefficient (Wildman–Crippen LogP) is 1.44. The van der Waals surface area contributed by atoms with E-state index in [4.69, 9.17) is 10.3 Å². The van der Waals surface area contributed by atoms with Gasteiger partial charge < -0.3 is 10.3 Å². The first-order valence-corrected chi connectivity index (χ1v) is 5.66. The van der Waals surface area contributed by atoms with Crippen LogP contribution in [-0.2, 0) is 12.6 Å². The Bertz CT molecular complexity index is 499. The highest BCUT2D eigenvalue weighted by Gasteiger charge is 2.27. The fourth-order valence-corrected chi connectivity index (χ4v) is 1.72. The Labute approximate surface area is 99.8 Å². The maximum atomic E-state index is 6.12. The molecular formula is C11H17N5O. The number of hydrogen-bond acceptors (Lipinski definition) is 5. The van der Waals surface area contributed by atoms with Gasteiger partial charge in [-0.2, -0.15) is 10.1 Å². The van der Waals surface area contributed by atoms with Gasteiger partial charge in [-0.15, -0.1) is 0 Å². The Morgan fingerprint density at radius 3 is 2.88 bits per heavy atom. The summed E-state index contributed by atoms with van der Waals surface area (Å²) in [4.78, 5) is 4.31. The molecule has 0 aliphatic rings. The fourth-order valence-electron chi connectivity index (χ4n) is 1.72. The number of rotatable bonds is 4. The van der Waals surface area contributed by atoms with Crippen molar-refractivity contribution in [3.63, 3.8) is 0 Å². The lowest BCUT2D eigenvalue weighted by Gasteiger charge is -2.18. The van der Waals surface area contributed by atoms with Crippen molar-refractivity contribution in [2.45, 2.75) is 32.2 Å². The largest absolute Gasteiger partial charge is 0.337 e. The van der Waals surface area contributed by atoms with E-state index in [0.717, 1.165) is 12.8 Å². The maximum absolute atomic E-state index is 6.12. The van der Waals surface area contributed by atoms with E-state index in [1.807, 2.05) is 26.2 Å². The van der Waals surface area contributed by atoms with Crippen molar-refractivity contribution in [2.24, 2.45) is 12.8 Å². The summed E-state index contributed by atoms with van der Waals surface area (Å²) in [6.07, 6.45) is 3.60. The molecular weight excluding hydrogens is 218 g/mol. The molecule has 0 radical (unpaired) electrons. The molecule has 6 heteroatoms. The first-order chi connectivity index (χ1) is 8.03. The molecule has 2 rings (SSSR count). The van der Waals surface area contributed by atoms with Crippen LogP contribution in [0.3, 0.4) is 0 Å². The molecule has 2 aromatic heterocycles. The highest BCUT2D eigenvalue weighted by molar-refractivity contribution is 5.46. The lowest BCUT2D eigenvalue weighted by atomic mass is 9.98. The van der Waals surface area contributed by atoms with E-state index in [9.17, 15) is 0 Å². The van der Waals surface area contributed by atoms with Gasteiger partial charge in [0.1, 0.15) is 5.69 Å². The Morgan fingerprint density at radius 1 is 1.53 bits per heavy atom. The third-order valence-electron chi connectivity index (χ3n) is 2.63. The Morgan fingerprint density at radius 2 is 2.29 bits per heavy atom. The number of aromatic nitrogens is 4. The van der Waals surface area contributed by atoms with E-state index in [1.165, 1.54) is 0 Å². The molecule has 0 aliphatic carbocycles. The average Bonchev–Trinajstić information content (AvgIpc) is 2.85. The Hall–Kier alpha value is -1.69. The first-order valence-electron chi connectivity index (χ1n) is 5.66. The standard InChI is InChI=1S/C11H17N5O/c1-4-6-11(2,12)10-13-9(15-17-10)8-5-7-16(3)14-8/h5,7H,4,6,12H2,1-3H3. The molecule has 0 saturated carbocycles. The summed E-state index contributed by atoms with van der Waals surface area (Å²) in [6.45, 7) is 3.97. The molecule has 0 aromatic carbocycles. The van der Waals surface area contributed by atoms with Crippen LogP contribution in [0.15, 0.2) is 16.8 Å². The molecule has 17 heavy (non-hydrogen) atoms. The number of hydrogen-bond donors (Lipinski definition) is 1. The summed E-state index contributed by atoms with van der Waals surface area (Å²) in [5.74, 6) is 0.938. The van der Waals surface area contributed by atoms with Crippen LogP contribution in [0, 0.1) is 0 Å². The van der Waals surface area contributed by atoms with E-state index in [2.05, 4.69) is 22.2 Å². The predicted molar refractivity (Wildman–Crippen MR) is 62.9 cm³/mol. The maximum Gasteiger partial charge on any atom is 0.246 e. The van der Waals surface area contributed by atoms with Crippen molar-refractivity contribution in [1.29, 1.82) is 0 Å².